The molecule has 15 heavy (non-hydrogen) atoms. The van der Waals surface area contributed by atoms with E-state index in [0.717, 1.165) is 21.1 Å². The Morgan fingerprint density at radius 1 is 1.53 bits per heavy atom. The number of nitrogens with one attached hydrogen (secondary N) is 1. The number of thiophene rings is 1. The van der Waals surface area contributed by atoms with Gasteiger partial charge in [0.25, 0.3) is 0 Å². The molecule has 0 radical (unpaired) electrons. The molecule has 0 spiro atoms. The summed E-state index contributed by atoms with van der Waals surface area (Å²) < 4.78 is 1.63. The SMILES string of the molecule is CCNC(CC1CC1)c1cc(Cl)sc1Cl. The van der Waals surface area contributed by atoms with Crippen LogP contribution in [0.3, 0.4) is 0 Å². The Hall–Kier alpha value is 0.240. The summed E-state index contributed by atoms with van der Waals surface area (Å²) in [7, 11) is 0. The second-order valence-electron chi connectivity index (χ2n) is 4.07. The van der Waals surface area contributed by atoms with Gasteiger partial charge in [0.1, 0.15) is 0 Å². The van der Waals surface area contributed by atoms with E-state index in [4.69, 9.17) is 23.2 Å². The van der Waals surface area contributed by atoms with E-state index in [1.54, 1.807) is 0 Å². The minimum Gasteiger partial charge on any atom is -0.310 e. The van der Waals surface area contributed by atoms with Gasteiger partial charge in [-0.2, -0.15) is 0 Å². The van der Waals surface area contributed by atoms with Gasteiger partial charge in [0.05, 0.1) is 8.67 Å². The summed E-state index contributed by atoms with van der Waals surface area (Å²) in [6.07, 6.45) is 3.94. The summed E-state index contributed by atoms with van der Waals surface area (Å²) in [4.78, 5) is 0. The molecule has 1 fully saturated rings. The van der Waals surface area contributed by atoms with Crippen molar-refractivity contribution in [1.29, 1.82) is 0 Å². The van der Waals surface area contributed by atoms with Gasteiger partial charge in [-0.3, -0.25) is 0 Å². The van der Waals surface area contributed by atoms with Crippen molar-refractivity contribution in [1.82, 2.24) is 5.32 Å². The fourth-order valence-corrected chi connectivity index (χ4v) is 3.42. The molecule has 0 aromatic carbocycles. The molecule has 2 rings (SSSR count). The van der Waals surface area contributed by atoms with Crippen molar-refractivity contribution in [3.8, 4) is 0 Å². The van der Waals surface area contributed by atoms with Gasteiger partial charge in [0.15, 0.2) is 0 Å². The van der Waals surface area contributed by atoms with Crippen molar-refractivity contribution in [2.75, 3.05) is 6.54 Å². The Morgan fingerprint density at radius 2 is 2.27 bits per heavy atom. The lowest BCUT2D eigenvalue weighted by atomic mass is 10.0. The first-order valence-electron chi connectivity index (χ1n) is 5.38. The third-order valence-corrected chi connectivity index (χ3v) is 4.29. The second-order valence-corrected chi connectivity index (χ2v) is 6.35. The topological polar surface area (TPSA) is 12.0 Å². The number of halogens is 2. The molecule has 1 heterocycles. The fraction of sp³-hybridized carbons (Fsp3) is 0.636. The van der Waals surface area contributed by atoms with Crippen molar-refractivity contribution >= 4 is 34.5 Å². The molecule has 1 atom stereocenters. The van der Waals surface area contributed by atoms with Gasteiger partial charge >= 0.3 is 0 Å². The van der Waals surface area contributed by atoms with Crippen molar-refractivity contribution in [2.24, 2.45) is 5.92 Å². The van der Waals surface area contributed by atoms with Crippen molar-refractivity contribution < 1.29 is 0 Å². The summed E-state index contributed by atoms with van der Waals surface area (Å²) in [5.74, 6) is 0.892. The summed E-state index contributed by atoms with van der Waals surface area (Å²) in [5, 5.41) is 3.49. The lowest BCUT2D eigenvalue weighted by Crippen LogP contribution is -2.21. The van der Waals surface area contributed by atoms with Crippen molar-refractivity contribution in [3.05, 3.63) is 20.3 Å². The third-order valence-electron chi connectivity index (χ3n) is 2.77. The molecule has 1 saturated carbocycles. The van der Waals surface area contributed by atoms with Crippen LogP contribution in [0, 0.1) is 5.92 Å². The lowest BCUT2D eigenvalue weighted by Gasteiger charge is -2.16. The maximum atomic E-state index is 6.17. The Balaban J connectivity index is 2.10. The van der Waals surface area contributed by atoms with Crippen LogP contribution in [-0.2, 0) is 0 Å². The highest BCUT2D eigenvalue weighted by atomic mass is 35.5. The van der Waals surface area contributed by atoms with Crippen LogP contribution in [0.1, 0.15) is 37.8 Å². The van der Waals surface area contributed by atoms with Gasteiger partial charge < -0.3 is 5.32 Å². The largest absolute Gasteiger partial charge is 0.310 e. The van der Waals surface area contributed by atoms with Crippen LogP contribution < -0.4 is 5.32 Å². The van der Waals surface area contributed by atoms with Crippen LogP contribution >= 0.6 is 34.5 Å². The number of hydrogen-bond acceptors (Lipinski definition) is 2. The predicted molar refractivity (Wildman–Crippen MR) is 68.1 cm³/mol. The van der Waals surface area contributed by atoms with E-state index >= 15 is 0 Å². The maximum absolute atomic E-state index is 6.17. The van der Waals surface area contributed by atoms with E-state index < -0.39 is 0 Å². The lowest BCUT2D eigenvalue weighted by molar-refractivity contribution is 0.488. The van der Waals surface area contributed by atoms with Gasteiger partial charge in [0.2, 0.25) is 0 Å². The minimum absolute atomic E-state index is 0.388. The van der Waals surface area contributed by atoms with Crippen molar-refractivity contribution in [3.63, 3.8) is 0 Å². The smallest absolute Gasteiger partial charge is 0.0991 e. The summed E-state index contributed by atoms with van der Waals surface area (Å²) >= 11 is 13.6. The monoisotopic (exact) mass is 263 g/mol. The van der Waals surface area contributed by atoms with E-state index in [9.17, 15) is 0 Å². The molecule has 1 N–H and O–H groups in total. The van der Waals surface area contributed by atoms with Crippen LogP contribution in [0.2, 0.25) is 8.67 Å². The first kappa shape index (κ1) is 11.7. The number of rotatable bonds is 5. The van der Waals surface area contributed by atoms with Crippen LogP contribution in [0.15, 0.2) is 6.07 Å². The van der Waals surface area contributed by atoms with E-state index in [1.165, 1.54) is 36.2 Å². The zero-order valence-electron chi connectivity index (χ0n) is 8.72. The molecular formula is C11H15Cl2NS. The Morgan fingerprint density at radius 3 is 2.73 bits per heavy atom. The van der Waals surface area contributed by atoms with Gasteiger partial charge in [0, 0.05) is 11.6 Å². The zero-order valence-corrected chi connectivity index (χ0v) is 11.1. The van der Waals surface area contributed by atoms with Crippen LogP contribution in [0.5, 0.6) is 0 Å². The molecule has 1 aromatic heterocycles. The summed E-state index contributed by atoms with van der Waals surface area (Å²) in [6.45, 7) is 3.10. The molecule has 4 heteroatoms. The molecule has 1 aromatic rings. The van der Waals surface area contributed by atoms with Crippen LogP contribution in [0.4, 0.5) is 0 Å². The standard InChI is InChI=1S/C11H15Cl2NS/c1-2-14-9(5-7-3-4-7)8-6-10(12)15-11(8)13/h6-7,9,14H,2-5H2,1H3. The fourth-order valence-electron chi connectivity index (χ4n) is 1.84. The highest BCUT2D eigenvalue weighted by molar-refractivity contribution is 7.20. The molecular weight excluding hydrogens is 249 g/mol. The average molecular weight is 264 g/mol. The molecule has 0 saturated heterocycles. The first-order valence-corrected chi connectivity index (χ1v) is 6.96. The van der Waals surface area contributed by atoms with Crippen LogP contribution in [0.25, 0.3) is 0 Å². The minimum atomic E-state index is 0.388. The Labute approximate surface area is 105 Å². The van der Waals surface area contributed by atoms with Gasteiger partial charge in [-0.1, -0.05) is 43.0 Å². The van der Waals surface area contributed by atoms with E-state index in [0.29, 0.717) is 6.04 Å². The summed E-state index contributed by atoms with van der Waals surface area (Å²) in [6, 6.07) is 2.39. The van der Waals surface area contributed by atoms with E-state index in [1.807, 2.05) is 6.07 Å². The normalized spacial score (nSPS) is 18.1. The Kier molecular flexibility index (Phi) is 3.94. The molecule has 0 bridgehead atoms. The first-order chi connectivity index (χ1) is 7.20. The molecule has 0 aliphatic heterocycles. The number of hydrogen-bond donors (Lipinski definition) is 1. The van der Waals surface area contributed by atoms with Gasteiger partial charge in [-0.25, -0.2) is 0 Å². The molecule has 1 aliphatic rings. The molecule has 0 amide bonds. The quantitative estimate of drug-likeness (QED) is 0.825. The summed E-state index contributed by atoms with van der Waals surface area (Å²) in [5.41, 5.74) is 1.18. The maximum Gasteiger partial charge on any atom is 0.0991 e. The van der Waals surface area contributed by atoms with Gasteiger partial charge in [-0.15, -0.1) is 11.3 Å². The highest BCUT2D eigenvalue weighted by Gasteiger charge is 2.27. The van der Waals surface area contributed by atoms with Gasteiger partial charge in [-0.05, 0) is 24.9 Å². The van der Waals surface area contributed by atoms with Crippen LogP contribution in [-0.4, -0.2) is 6.54 Å². The molecule has 1 aliphatic carbocycles. The molecule has 1 nitrogen and oxygen atoms in total. The predicted octanol–water partition coefficient (Wildman–Crippen LogP) is 4.51. The zero-order chi connectivity index (χ0) is 10.8. The highest BCUT2D eigenvalue weighted by Crippen LogP contribution is 2.42. The third kappa shape index (κ3) is 3.10. The van der Waals surface area contributed by atoms with E-state index in [-0.39, 0.29) is 0 Å². The second kappa shape index (κ2) is 5.05. The van der Waals surface area contributed by atoms with E-state index in [2.05, 4.69) is 12.2 Å². The Bertz CT molecular complexity index is 333. The molecule has 1 unspecified atom stereocenters. The average Bonchev–Trinajstić information content (AvgIpc) is 2.91. The molecule has 84 valence electrons. The van der Waals surface area contributed by atoms with Crippen molar-refractivity contribution in [2.45, 2.75) is 32.2 Å².